The van der Waals surface area contributed by atoms with Gasteiger partial charge in [-0.15, -0.1) is 30.8 Å². The first kappa shape index (κ1) is 31.5. The van der Waals surface area contributed by atoms with Crippen molar-refractivity contribution < 1.29 is 41.9 Å². The van der Waals surface area contributed by atoms with Crippen LogP contribution >= 0.6 is 11.8 Å². The monoisotopic (exact) mass is 824 g/mol. The zero-order valence-electron chi connectivity index (χ0n) is 33.8. The van der Waals surface area contributed by atoms with Crippen molar-refractivity contribution in [3.8, 4) is 0 Å². The predicted molar refractivity (Wildman–Crippen MR) is 188 cm³/mol. The van der Waals surface area contributed by atoms with E-state index in [2.05, 4.69) is 52.1 Å². The molecular formula is C38H62IrN2O3S-2. The molecule has 0 aromatic rings. The van der Waals surface area contributed by atoms with Gasteiger partial charge in [0.1, 0.15) is 0 Å². The Kier molecular flexibility index (Phi) is 12.0. The molecule has 2 saturated heterocycles. The van der Waals surface area contributed by atoms with E-state index >= 15 is 0 Å². The fourth-order valence-corrected chi connectivity index (χ4v) is 9.18. The first-order chi connectivity index (χ1) is 22.9. The Balaban J connectivity index is 0.000000361. The van der Waals surface area contributed by atoms with E-state index in [1.165, 1.54) is 4.91 Å². The fourth-order valence-electron chi connectivity index (χ4n) is 7.76. The Morgan fingerprint density at radius 2 is 1.93 bits per heavy atom. The van der Waals surface area contributed by atoms with E-state index in [4.69, 9.17) is 16.9 Å². The van der Waals surface area contributed by atoms with Gasteiger partial charge in [0.2, 0.25) is 0 Å². The quantitative estimate of drug-likeness (QED) is 0.179. The number of allylic oxidation sites excluding steroid dienone is 2. The van der Waals surface area contributed by atoms with Gasteiger partial charge < -0.3 is 20.3 Å². The SMILES string of the molecule is CCC(CC)/C(O)=C/[C@@H](O)C(CC)CC.[2H]C([2H])([2H])C1=NC2OC3=C([C@@H]4[N-]CC=C5S[C@H](C)C(C([2H])([2H])C(C)(C)C)[C@@H]54)[CH-]CC[C@H]3C2CC1.[Ir]. The third-order valence-electron chi connectivity index (χ3n) is 10.3. The van der Waals surface area contributed by atoms with Gasteiger partial charge in [-0.3, -0.25) is 4.99 Å². The van der Waals surface area contributed by atoms with Crippen LogP contribution < -0.4 is 0 Å². The van der Waals surface area contributed by atoms with Crippen LogP contribution in [0.2, 0.25) is 0 Å². The number of ether oxygens (including phenoxy) is 1. The standard InChI is InChI=1S/C25H36N2OS.C13H26O2.Ir/c1-14-9-10-17-16-7-6-8-18(23(16)28-24(17)27-14)22-21-19(13-25(3,4)5)15(2)29-20(21)11-12-26-22;1-5-10(6-2)12(14)9-13(15)11(7-3)8-4;/h8,11,15-17,19,21-22,24H,6-7,9-10,12-13H2,1-5H3;9-12,14-15H,5-8H2,1-4H3;/q-2;;/b;13-9-;/t15-,16+,17?,19?,21+,22+,24?;12-;/m11./s1/i1D3,13D2;;. The Hall–Kier alpha value is -0.721. The maximum Gasteiger partial charge on any atom is 0.171 e. The van der Waals surface area contributed by atoms with E-state index in [1.807, 2.05) is 32.5 Å². The Morgan fingerprint density at radius 3 is 2.56 bits per heavy atom. The number of thioether (sulfide) groups is 1. The van der Waals surface area contributed by atoms with Gasteiger partial charge in [-0.25, -0.2) is 6.42 Å². The average Bonchev–Trinajstić information content (AvgIpc) is 3.58. The molecule has 0 amide bonds. The van der Waals surface area contributed by atoms with Crippen LogP contribution in [-0.2, 0) is 24.8 Å². The average molecular weight is 824 g/mol. The predicted octanol–water partition coefficient (Wildman–Crippen LogP) is 10.2. The summed E-state index contributed by atoms with van der Waals surface area (Å²) >= 11 is 1.82. The summed E-state index contributed by atoms with van der Waals surface area (Å²) in [4.78, 5) is 5.83. The molecule has 259 valence electrons. The van der Waals surface area contributed by atoms with Crippen LogP contribution in [0.3, 0.4) is 0 Å². The number of hydrogen-bond donors (Lipinski definition) is 2. The van der Waals surface area contributed by atoms with Crippen molar-refractivity contribution >= 4 is 17.5 Å². The van der Waals surface area contributed by atoms with E-state index in [0.29, 0.717) is 18.7 Å². The van der Waals surface area contributed by atoms with Crippen molar-refractivity contribution in [1.29, 1.82) is 0 Å². The minimum absolute atomic E-state index is 0. The Labute approximate surface area is 300 Å². The summed E-state index contributed by atoms with van der Waals surface area (Å²) in [5.41, 5.74) is 0.904. The minimum atomic E-state index is -2.16. The molecule has 0 bridgehead atoms. The van der Waals surface area contributed by atoms with Crippen molar-refractivity contribution in [2.45, 2.75) is 144 Å². The molecule has 0 spiro atoms. The fraction of sp³-hybridized carbons (Fsp3) is 0.789. The normalized spacial score (nSPS) is 34.1. The van der Waals surface area contributed by atoms with Crippen molar-refractivity contribution in [1.82, 2.24) is 0 Å². The molecule has 0 aromatic carbocycles. The van der Waals surface area contributed by atoms with Gasteiger partial charge in [0, 0.05) is 49.8 Å². The molecule has 2 fully saturated rings. The van der Waals surface area contributed by atoms with Gasteiger partial charge in [0.15, 0.2) is 6.23 Å². The second-order valence-electron chi connectivity index (χ2n) is 14.4. The molecule has 4 heterocycles. The van der Waals surface area contributed by atoms with E-state index < -0.39 is 31.0 Å². The third-order valence-corrected chi connectivity index (χ3v) is 11.6. The first-order valence-corrected chi connectivity index (χ1v) is 18.2. The molecule has 4 aliphatic heterocycles. The van der Waals surface area contributed by atoms with E-state index in [9.17, 15) is 10.2 Å². The topological polar surface area (TPSA) is 76.2 Å². The molecule has 5 rings (SSSR count). The molecule has 1 radical (unpaired) electrons. The largest absolute Gasteiger partial charge is 0.654 e. The van der Waals surface area contributed by atoms with Gasteiger partial charge in [-0.2, -0.15) is 5.57 Å². The number of fused-ring (bicyclic) bond motifs is 4. The molecule has 2 N–H and O–H groups in total. The minimum Gasteiger partial charge on any atom is -0.654 e. The zero-order valence-corrected chi connectivity index (χ0v) is 32.0. The number of aliphatic imine (C=N–C) groups is 1. The molecule has 5 aliphatic rings. The summed E-state index contributed by atoms with van der Waals surface area (Å²) in [7, 11) is 0. The molecule has 5 nitrogen and oxygen atoms in total. The molecule has 8 atom stereocenters. The molecular weight excluding hydrogens is 757 g/mol. The summed E-state index contributed by atoms with van der Waals surface area (Å²) in [6, 6.07) is -0.121. The summed E-state index contributed by atoms with van der Waals surface area (Å²) in [6.07, 6.45) is 10.8. The molecule has 1 aliphatic carbocycles. The van der Waals surface area contributed by atoms with Crippen molar-refractivity contribution in [3.05, 3.63) is 45.9 Å². The number of hydrogen-bond acceptors (Lipinski definition) is 5. The number of nitrogens with zero attached hydrogens (tertiary/aromatic N) is 2. The van der Waals surface area contributed by atoms with Crippen LogP contribution in [0.25, 0.3) is 5.32 Å². The zero-order chi connectivity index (χ0) is 36.5. The number of rotatable bonds is 9. The van der Waals surface area contributed by atoms with Gasteiger partial charge in [0.05, 0.1) is 11.9 Å². The molecule has 0 saturated carbocycles. The summed E-state index contributed by atoms with van der Waals surface area (Å²) in [5.74, 6) is 2.11. The number of aliphatic hydroxyl groups is 2. The third kappa shape index (κ3) is 9.25. The molecule has 3 unspecified atom stereocenters. The van der Waals surface area contributed by atoms with Crippen molar-refractivity contribution in [3.63, 3.8) is 0 Å². The Morgan fingerprint density at radius 1 is 1.22 bits per heavy atom. The van der Waals surface area contributed by atoms with E-state index in [0.717, 1.165) is 56.3 Å². The summed E-state index contributed by atoms with van der Waals surface area (Å²) < 4.78 is 48.1. The van der Waals surface area contributed by atoms with Crippen LogP contribution in [0.1, 0.15) is 127 Å². The molecule has 0 aromatic heterocycles. The molecule has 7 heteroatoms. The summed E-state index contributed by atoms with van der Waals surface area (Å²) in [5, 5.41) is 24.9. The number of aliphatic hydroxyl groups excluding tert-OH is 2. The van der Waals surface area contributed by atoms with Crippen LogP contribution in [-0.4, -0.2) is 46.1 Å². The Bertz CT molecular complexity index is 1270. The van der Waals surface area contributed by atoms with Crippen LogP contribution in [0.5, 0.6) is 0 Å². The van der Waals surface area contributed by atoms with E-state index in [1.54, 1.807) is 6.08 Å². The van der Waals surface area contributed by atoms with Crippen LogP contribution in [0.4, 0.5) is 0 Å². The first-order valence-electron chi connectivity index (χ1n) is 19.8. The molecule has 45 heavy (non-hydrogen) atoms. The second kappa shape index (κ2) is 17.1. The maximum absolute atomic E-state index is 9.88. The van der Waals surface area contributed by atoms with Crippen LogP contribution in [0.15, 0.2) is 39.1 Å². The maximum atomic E-state index is 9.88. The van der Waals surface area contributed by atoms with Crippen molar-refractivity contribution in [2.24, 2.45) is 45.9 Å². The van der Waals surface area contributed by atoms with Crippen LogP contribution in [0, 0.1) is 47.3 Å². The van der Waals surface area contributed by atoms with Crippen molar-refractivity contribution in [2.75, 3.05) is 6.54 Å². The smallest absolute Gasteiger partial charge is 0.171 e. The van der Waals surface area contributed by atoms with Gasteiger partial charge >= 0.3 is 0 Å². The van der Waals surface area contributed by atoms with E-state index in [-0.39, 0.29) is 72.6 Å². The van der Waals surface area contributed by atoms with Gasteiger partial charge in [-0.05, 0) is 84.7 Å². The second-order valence-corrected chi connectivity index (χ2v) is 15.8. The summed E-state index contributed by atoms with van der Waals surface area (Å²) in [6.45, 7) is 14.9. The van der Waals surface area contributed by atoms with Gasteiger partial charge in [0.25, 0.3) is 0 Å². The van der Waals surface area contributed by atoms with Gasteiger partial charge in [-0.1, -0.05) is 80.7 Å².